The van der Waals surface area contributed by atoms with Crippen LogP contribution in [-0.2, 0) is 4.79 Å². The molecule has 3 amide bonds. The Kier molecular flexibility index (Phi) is 6.77. The van der Waals surface area contributed by atoms with Gasteiger partial charge in [-0.3, -0.25) is 15.0 Å². The lowest BCUT2D eigenvalue weighted by atomic mass is 10.0. The molecule has 7 nitrogen and oxygen atoms in total. The van der Waals surface area contributed by atoms with Crippen molar-refractivity contribution >= 4 is 11.9 Å². The van der Waals surface area contributed by atoms with E-state index in [9.17, 15) is 9.59 Å². The minimum absolute atomic E-state index is 0.0110. The summed E-state index contributed by atoms with van der Waals surface area (Å²) in [6.07, 6.45) is 1.55. The van der Waals surface area contributed by atoms with Crippen LogP contribution in [0.15, 0.2) is 36.9 Å². The number of urea groups is 1. The van der Waals surface area contributed by atoms with E-state index in [0.29, 0.717) is 13.1 Å². The number of nitrogens with zero attached hydrogens (tertiary/aromatic N) is 1. The minimum atomic E-state index is -0.510. The molecule has 0 bridgehead atoms. The number of imide groups is 1. The molecule has 3 N–H and O–H groups in total. The van der Waals surface area contributed by atoms with Gasteiger partial charge in [0.05, 0.1) is 19.7 Å². The Hall–Kier alpha value is -2.38. The third-order valence-electron chi connectivity index (χ3n) is 3.86. The summed E-state index contributed by atoms with van der Waals surface area (Å²) < 4.78 is 5.43. The summed E-state index contributed by atoms with van der Waals surface area (Å²) in [5.74, 6) is 0.457. The van der Waals surface area contributed by atoms with Gasteiger partial charge in [-0.2, -0.15) is 0 Å². The fraction of sp³-hybridized carbons (Fsp3) is 0.412. The van der Waals surface area contributed by atoms with Crippen molar-refractivity contribution in [2.45, 2.75) is 6.04 Å². The quantitative estimate of drug-likeness (QED) is 0.667. The average Bonchev–Trinajstić information content (AvgIpc) is 2.60. The van der Waals surface area contributed by atoms with Crippen molar-refractivity contribution in [1.29, 1.82) is 0 Å². The summed E-state index contributed by atoms with van der Waals surface area (Å²) in [5.41, 5.74) is 1.02. The lowest BCUT2D eigenvalue weighted by molar-refractivity contribution is -0.122. The molecule has 1 fully saturated rings. The largest absolute Gasteiger partial charge is 0.496 e. The van der Waals surface area contributed by atoms with Crippen LogP contribution >= 0.6 is 0 Å². The molecular weight excluding hydrogens is 308 g/mol. The molecule has 1 aromatic carbocycles. The number of piperazine rings is 1. The second-order valence-electron chi connectivity index (χ2n) is 5.48. The van der Waals surface area contributed by atoms with Gasteiger partial charge in [-0.25, -0.2) is 4.79 Å². The number of ether oxygens (including phenoxy) is 1. The highest BCUT2D eigenvalue weighted by molar-refractivity contribution is 5.95. The van der Waals surface area contributed by atoms with E-state index in [4.69, 9.17) is 4.74 Å². The van der Waals surface area contributed by atoms with Gasteiger partial charge in [-0.15, -0.1) is 6.58 Å². The first-order valence-corrected chi connectivity index (χ1v) is 7.92. The molecule has 1 aliphatic rings. The van der Waals surface area contributed by atoms with Crippen LogP contribution in [0.4, 0.5) is 4.79 Å². The van der Waals surface area contributed by atoms with Crippen LogP contribution in [0.2, 0.25) is 0 Å². The zero-order valence-corrected chi connectivity index (χ0v) is 13.9. The van der Waals surface area contributed by atoms with Crippen molar-refractivity contribution in [3.8, 4) is 5.75 Å². The topological polar surface area (TPSA) is 82.7 Å². The maximum atomic E-state index is 12.1. The van der Waals surface area contributed by atoms with Gasteiger partial charge in [-0.1, -0.05) is 24.3 Å². The smallest absolute Gasteiger partial charge is 0.321 e. The molecule has 1 heterocycles. The summed E-state index contributed by atoms with van der Waals surface area (Å²) in [7, 11) is 1.63. The molecule has 0 spiro atoms. The fourth-order valence-electron chi connectivity index (χ4n) is 2.74. The summed E-state index contributed by atoms with van der Waals surface area (Å²) in [6.45, 7) is 6.20. The van der Waals surface area contributed by atoms with Crippen molar-refractivity contribution in [3.63, 3.8) is 0 Å². The molecule has 0 aliphatic carbocycles. The highest BCUT2D eigenvalue weighted by atomic mass is 16.5. The van der Waals surface area contributed by atoms with Crippen LogP contribution in [-0.4, -0.2) is 56.7 Å². The van der Waals surface area contributed by atoms with Gasteiger partial charge in [0.15, 0.2) is 0 Å². The number of hydrogen-bond acceptors (Lipinski definition) is 5. The van der Waals surface area contributed by atoms with Crippen molar-refractivity contribution < 1.29 is 14.3 Å². The van der Waals surface area contributed by atoms with Crippen LogP contribution in [0.5, 0.6) is 5.75 Å². The zero-order valence-electron chi connectivity index (χ0n) is 13.9. The number of benzene rings is 1. The minimum Gasteiger partial charge on any atom is -0.496 e. The van der Waals surface area contributed by atoms with E-state index in [1.54, 1.807) is 13.2 Å². The zero-order chi connectivity index (χ0) is 17.4. The van der Waals surface area contributed by atoms with Crippen molar-refractivity contribution in [1.82, 2.24) is 20.9 Å². The third kappa shape index (κ3) is 4.81. The van der Waals surface area contributed by atoms with Gasteiger partial charge in [0.2, 0.25) is 5.91 Å². The molecule has 0 radical (unpaired) electrons. The molecule has 1 unspecified atom stereocenters. The molecule has 1 aromatic rings. The Labute approximate surface area is 142 Å². The summed E-state index contributed by atoms with van der Waals surface area (Å²) in [6, 6.07) is 7.27. The Morgan fingerprint density at radius 3 is 3.00 bits per heavy atom. The highest BCUT2D eigenvalue weighted by Gasteiger charge is 2.27. The van der Waals surface area contributed by atoms with Gasteiger partial charge in [0.25, 0.3) is 0 Å². The van der Waals surface area contributed by atoms with E-state index in [1.165, 1.54) is 0 Å². The van der Waals surface area contributed by atoms with Crippen LogP contribution in [0.3, 0.4) is 0 Å². The third-order valence-corrected chi connectivity index (χ3v) is 3.86. The molecule has 1 aliphatic heterocycles. The normalized spacial score (nSPS) is 17.8. The van der Waals surface area contributed by atoms with Crippen LogP contribution < -0.4 is 20.7 Å². The standard InChI is InChI=1S/C17H24N4O3/c1-3-8-19-17(23)20-16(22)12-21-10-9-18-11-14(21)13-6-4-5-7-15(13)24-2/h3-7,14,18H,1,8-12H2,2H3,(H2,19,20,22,23). The van der Waals surface area contributed by atoms with Crippen LogP contribution in [0.1, 0.15) is 11.6 Å². The molecular formula is C17H24N4O3. The average molecular weight is 332 g/mol. The Bertz CT molecular complexity index is 591. The summed E-state index contributed by atoms with van der Waals surface area (Å²) in [5, 5.41) is 8.19. The second kappa shape index (κ2) is 9.05. The first-order chi connectivity index (χ1) is 11.7. The maximum Gasteiger partial charge on any atom is 0.321 e. The monoisotopic (exact) mass is 332 g/mol. The van der Waals surface area contributed by atoms with E-state index >= 15 is 0 Å². The van der Waals surface area contributed by atoms with Crippen LogP contribution in [0, 0.1) is 0 Å². The predicted octanol–water partition coefficient (Wildman–Crippen LogP) is 0.653. The number of carbonyl (C=O) groups is 2. The number of amides is 3. The van der Waals surface area contributed by atoms with Crippen molar-refractivity contribution in [2.24, 2.45) is 0 Å². The van der Waals surface area contributed by atoms with Gasteiger partial charge in [0, 0.05) is 31.7 Å². The molecule has 0 aromatic heterocycles. The van der Waals surface area contributed by atoms with Crippen LogP contribution in [0.25, 0.3) is 0 Å². The van der Waals surface area contributed by atoms with E-state index in [-0.39, 0.29) is 18.5 Å². The molecule has 130 valence electrons. The lowest BCUT2D eigenvalue weighted by Crippen LogP contribution is -2.51. The predicted molar refractivity (Wildman–Crippen MR) is 91.9 cm³/mol. The molecule has 1 atom stereocenters. The highest BCUT2D eigenvalue weighted by Crippen LogP contribution is 2.29. The molecule has 24 heavy (non-hydrogen) atoms. The fourth-order valence-corrected chi connectivity index (χ4v) is 2.74. The number of nitrogens with one attached hydrogen (secondary N) is 3. The van der Waals surface area contributed by atoms with Crippen molar-refractivity contribution in [3.05, 3.63) is 42.5 Å². The lowest BCUT2D eigenvalue weighted by Gasteiger charge is -2.36. The van der Waals surface area contributed by atoms with E-state index in [0.717, 1.165) is 24.4 Å². The maximum absolute atomic E-state index is 12.1. The number of rotatable bonds is 6. The number of methoxy groups -OCH3 is 1. The van der Waals surface area contributed by atoms with E-state index in [1.807, 2.05) is 29.2 Å². The summed E-state index contributed by atoms with van der Waals surface area (Å²) in [4.78, 5) is 25.7. The van der Waals surface area contributed by atoms with Gasteiger partial charge in [0.1, 0.15) is 5.75 Å². The molecule has 7 heteroatoms. The van der Waals surface area contributed by atoms with E-state index < -0.39 is 6.03 Å². The molecule has 0 saturated carbocycles. The Morgan fingerprint density at radius 2 is 2.25 bits per heavy atom. The second-order valence-corrected chi connectivity index (χ2v) is 5.48. The number of para-hydroxylation sites is 1. The SMILES string of the molecule is C=CCNC(=O)NC(=O)CN1CCNCC1c1ccccc1OC. The number of carbonyl (C=O) groups excluding carboxylic acids is 2. The van der Waals surface area contributed by atoms with Gasteiger partial charge in [-0.05, 0) is 6.07 Å². The van der Waals surface area contributed by atoms with Gasteiger partial charge < -0.3 is 15.4 Å². The van der Waals surface area contributed by atoms with Crippen molar-refractivity contribution in [2.75, 3.05) is 39.8 Å². The Morgan fingerprint density at radius 1 is 1.46 bits per heavy atom. The summed E-state index contributed by atoms with van der Waals surface area (Å²) >= 11 is 0. The van der Waals surface area contributed by atoms with E-state index in [2.05, 4.69) is 22.5 Å². The molecule has 2 rings (SSSR count). The number of hydrogen-bond donors (Lipinski definition) is 3. The molecule has 1 saturated heterocycles. The Balaban J connectivity index is 2.02. The van der Waals surface area contributed by atoms with Gasteiger partial charge >= 0.3 is 6.03 Å². The first kappa shape index (κ1) is 18.0. The first-order valence-electron chi connectivity index (χ1n) is 7.92.